The van der Waals surface area contributed by atoms with Gasteiger partial charge in [-0.15, -0.1) is 0 Å². The van der Waals surface area contributed by atoms with Crippen molar-refractivity contribution >= 4 is 27.5 Å². The predicted molar refractivity (Wildman–Crippen MR) is 125 cm³/mol. The van der Waals surface area contributed by atoms with Crippen LogP contribution in [0, 0.1) is 5.92 Å². The zero-order valence-corrected chi connectivity index (χ0v) is 21.0. The highest BCUT2D eigenvalue weighted by Gasteiger charge is 2.30. The summed E-state index contributed by atoms with van der Waals surface area (Å²) < 4.78 is 43.1. The Morgan fingerprint density at radius 2 is 1.94 bits per heavy atom. The number of nitrogens with one attached hydrogen (secondary N) is 1. The zero-order chi connectivity index (χ0) is 24.8. The van der Waals surface area contributed by atoms with E-state index < -0.39 is 10.0 Å². The lowest BCUT2D eigenvalue weighted by Gasteiger charge is -2.36. The van der Waals surface area contributed by atoms with Crippen molar-refractivity contribution in [3.8, 4) is 5.75 Å². The minimum absolute atomic E-state index is 0.0510. The van der Waals surface area contributed by atoms with Crippen molar-refractivity contribution in [1.82, 2.24) is 9.80 Å². The molecule has 10 nitrogen and oxygen atoms in total. The van der Waals surface area contributed by atoms with Gasteiger partial charge in [-0.2, -0.15) is 0 Å². The second-order valence-electron chi connectivity index (χ2n) is 8.29. The predicted octanol–water partition coefficient (Wildman–Crippen LogP) is 1.43. The highest BCUT2D eigenvalue weighted by Crippen LogP contribution is 2.27. The van der Waals surface area contributed by atoms with Crippen LogP contribution in [-0.4, -0.2) is 95.5 Å². The van der Waals surface area contributed by atoms with Gasteiger partial charge in [-0.3, -0.25) is 14.3 Å². The maximum atomic E-state index is 13.3. The minimum atomic E-state index is -3.51. The van der Waals surface area contributed by atoms with Crippen LogP contribution in [0.15, 0.2) is 18.2 Å². The molecule has 0 bridgehead atoms. The number of amides is 2. The Morgan fingerprint density at radius 3 is 2.55 bits per heavy atom. The fourth-order valence-corrected chi connectivity index (χ4v) is 4.28. The maximum Gasteiger partial charge on any atom is 0.257 e. The van der Waals surface area contributed by atoms with Gasteiger partial charge in [-0.05, 0) is 32.0 Å². The van der Waals surface area contributed by atoms with Crippen molar-refractivity contribution in [3.05, 3.63) is 23.8 Å². The number of fused-ring (bicyclic) bond motifs is 1. The lowest BCUT2D eigenvalue weighted by molar-refractivity contribution is -0.139. The van der Waals surface area contributed by atoms with Crippen LogP contribution in [0.1, 0.15) is 31.1 Å². The van der Waals surface area contributed by atoms with E-state index in [1.165, 1.54) is 25.0 Å². The number of ether oxygens (including phenoxy) is 3. The molecule has 1 aromatic carbocycles. The molecular weight excluding hydrogens is 450 g/mol. The average molecular weight is 486 g/mol. The van der Waals surface area contributed by atoms with Gasteiger partial charge in [0.1, 0.15) is 19.0 Å². The molecule has 33 heavy (non-hydrogen) atoms. The largest absolute Gasteiger partial charge is 0.491 e. The molecule has 0 aliphatic carbocycles. The molecule has 1 aromatic rings. The molecule has 0 saturated heterocycles. The van der Waals surface area contributed by atoms with E-state index in [-0.39, 0.29) is 66.6 Å². The average Bonchev–Trinajstić information content (AvgIpc) is 2.78. The summed E-state index contributed by atoms with van der Waals surface area (Å²) in [5, 5.41) is 0. The number of sulfonamides is 1. The summed E-state index contributed by atoms with van der Waals surface area (Å²) in [6.45, 7) is 6.14. The second-order valence-corrected chi connectivity index (χ2v) is 10.3. The first-order valence-electron chi connectivity index (χ1n) is 10.9. The fraction of sp³-hybridized carbons (Fsp3) is 0.636. The van der Waals surface area contributed by atoms with E-state index in [9.17, 15) is 18.0 Å². The Kier molecular flexibility index (Phi) is 9.50. The van der Waals surface area contributed by atoms with E-state index in [1.807, 2.05) is 13.8 Å². The number of anilines is 1. The topological polar surface area (TPSA) is 114 Å². The van der Waals surface area contributed by atoms with E-state index in [1.54, 1.807) is 31.2 Å². The van der Waals surface area contributed by atoms with Gasteiger partial charge in [-0.25, -0.2) is 8.42 Å². The van der Waals surface area contributed by atoms with Gasteiger partial charge < -0.3 is 24.0 Å². The van der Waals surface area contributed by atoms with Gasteiger partial charge in [0.05, 0.1) is 23.5 Å². The van der Waals surface area contributed by atoms with Crippen molar-refractivity contribution in [1.29, 1.82) is 0 Å². The Morgan fingerprint density at radius 1 is 1.24 bits per heavy atom. The molecule has 0 radical (unpaired) electrons. The molecule has 1 aliphatic rings. The quantitative estimate of drug-likeness (QED) is 0.648. The maximum absolute atomic E-state index is 13.3. The Balaban J connectivity index is 2.47. The molecular formula is C22H35N3O7S. The van der Waals surface area contributed by atoms with Crippen LogP contribution >= 0.6 is 0 Å². The van der Waals surface area contributed by atoms with E-state index in [2.05, 4.69) is 4.72 Å². The van der Waals surface area contributed by atoms with Crippen LogP contribution in [-0.2, 0) is 24.3 Å². The van der Waals surface area contributed by atoms with Crippen LogP contribution in [0.3, 0.4) is 0 Å². The molecule has 2 rings (SSSR count). The van der Waals surface area contributed by atoms with Crippen LogP contribution in [0.5, 0.6) is 5.75 Å². The molecule has 0 aromatic heterocycles. The Bertz CT molecular complexity index is 938. The molecule has 11 heteroatoms. The van der Waals surface area contributed by atoms with Crippen LogP contribution in [0.4, 0.5) is 5.69 Å². The molecule has 186 valence electrons. The van der Waals surface area contributed by atoms with Gasteiger partial charge in [0, 0.05) is 46.0 Å². The smallest absolute Gasteiger partial charge is 0.257 e. The van der Waals surface area contributed by atoms with Gasteiger partial charge in [0.2, 0.25) is 15.9 Å². The number of likely N-dealkylation sites (N-methyl/N-ethyl adjacent to an activating group) is 1. The third-order valence-corrected chi connectivity index (χ3v) is 6.99. The van der Waals surface area contributed by atoms with Crippen LogP contribution in [0.25, 0.3) is 0 Å². The summed E-state index contributed by atoms with van der Waals surface area (Å²) in [4.78, 5) is 29.2. The molecule has 0 fully saturated rings. The molecule has 2 amide bonds. The summed E-state index contributed by atoms with van der Waals surface area (Å²) in [5.41, 5.74) is 0.494. The zero-order valence-electron chi connectivity index (χ0n) is 20.2. The Labute approximate surface area is 196 Å². The van der Waals surface area contributed by atoms with E-state index in [0.29, 0.717) is 12.3 Å². The molecule has 1 N–H and O–H groups in total. The van der Waals surface area contributed by atoms with Crippen molar-refractivity contribution in [3.63, 3.8) is 0 Å². The minimum Gasteiger partial charge on any atom is -0.491 e. The molecule has 0 saturated carbocycles. The third kappa shape index (κ3) is 7.05. The number of hydrogen-bond donors (Lipinski definition) is 1. The van der Waals surface area contributed by atoms with Gasteiger partial charge >= 0.3 is 0 Å². The summed E-state index contributed by atoms with van der Waals surface area (Å²) in [5.74, 6) is -0.348. The highest BCUT2D eigenvalue weighted by atomic mass is 32.2. The van der Waals surface area contributed by atoms with Crippen molar-refractivity contribution in [2.75, 3.05) is 58.0 Å². The van der Waals surface area contributed by atoms with E-state index in [4.69, 9.17) is 14.2 Å². The summed E-state index contributed by atoms with van der Waals surface area (Å²) in [6, 6.07) is 4.27. The van der Waals surface area contributed by atoms with E-state index in [0.717, 1.165) is 0 Å². The van der Waals surface area contributed by atoms with Crippen LogP contribution < -0.4 is 9.46 Å². The number of rotatable bonds is 6. The number of carbonyl (C=O) groups is 2. The molecule has 1 aliphatic heterocycles. The Hall–Kier alpha value is -2.37. The highest BCUT2D eigenvalue weighted by molar-refractivity contribution is 7.92. The van der Waals surface area contributed by atoms with Crippen molar-refractivity contribution < 1.29 is 32.2 Å². The third-order valence-electron chi connectivity index (χ3n) is 5.69. The number of carbonyl (C=O) groups excluding carboxylic acids is 2. The lowest BCUT2D eigenvalue weighted by atomic mass is 10.0. The normalized spacial score (nSPS) is 22.6. The summed E-state index contributed by atoms with van der Waals surface area (Å²) >= 11 is 0. The summed E-state index contributed by atoms with van der Waals surface area (Å²) in [7, 11) is 1.18. The standard InChI is InChI=1S/C22H35N3O7S/c1-7-33(28,29)23-17-8-9-19-18(10-17)22(27)24(4)12-20(31-6)15(2)11-25(16(3)13-32-19)21(26)14-30-5/h8-10,15-16,20,23H,7,11-14H2,1-6H3/t15-,16-,20-/m0/s1. The SMILES string of the molecule is CCS(=O)(=O)Nc1ccc2c(c1)C(=O)N(C)C[C@H](OC)[C@@H](C)CN(C(=O)COC)[C@@H](C)CO2. The molecule has 0 unspecified atom stereocenters. The first kappa shape index (κ1) is 26.9. The molecule has 0 spiro atoms. The fourth-order valence-electron chi connectivity index (χ4n) is 3.65. The van der Waals surface area contributed by atoms with Gasteiger partial charge in [0.25, 0.3) is 5.91 Å². The van der Waals surface area contributed by atoms with Gasteiger partial charge in [-0.1, -0.05) is 6.92 Å². The number of hydrogen-bond acceptors (Lipinski definition) is 7. The van der Waals surface area contributed by atoms with Gasteiger partial charge in [0.15, 0.2) is 0 Å². The van der Waals surface area contributed by atoms with Crippen molar-refractivity contribution in [2.45, 2.75) is 32.9 Å². The number of benzene rings is 1. The monoisotopic (exact) mass is 485 g/mol. The van der Waals surface area contributed by atoms with E-state index >= 15 is 0 Å². The number of nitrogens with zero attached hydrogens (tertiary/aromatic N) is 2. The first-order valence-corrected chi connectivity index (χ1v) is 12.5. The number of methoxy groups -OCH3 is 2. The van der Waals surface area contributed by atoms with Crippen LogP contribution in [0.2, 0.25) is 0 Å². The first-order chi connectivity index (χ1) is 15.5. The molecule has 3 atom stereocenters. The lowest BCUT2D eigenvalue weighted by Crippen LogP contribution is -2.49. The summed E-state index contributed by atoms with van der Waals surface area (Å²) in [6.07, 6.45) is -0.324. The van der Waals surface area contributed by atoms with Crippen molar-refractivity contribution in [2.24, 2.45) is 5.92 Å². The molecule has 1 heterocycles. The second kappa shape index (κ2) is 11.7.